The fraction of sp³-hybridized carbons (Fsp3) is 0.333. The number of amides is 1. The van der Waals surface area contributed by atoms with Crippen LogP contribution >= 0.6 is 0 Å². The minimum absolute atomic E-state index is 0.0822. The molecule has 1 aliphatic heterocycles. The molecule has 0 radical (unpaired) electrons. The molecule has 1 amide bonds. The average Bonchev–Trinajstić information content (AvgIpc) is 2.84. The van der Waals surface area contributed by atoms with E-state index in [0.717, 1.165) is 36.4 Å². The molecule has 0 spiro atoms. The van der Waals surface area contributed by atoms with Crippen molar-refractivity contribution in [2.24, 2.45) is 5.73 Å². The zero-order valence-corrected chi connectivity index (χ0v) is 19.7. The molecule has 2 heterocycles. The summed E-state index contributed by atoms with van der Waals surface area (Å²) in [5.41, 5.74) is 9.48. The molecule has 1 saturated heterocycles. The predicted molar refractivity (Wildman–Crippen MR) is 132 cm³/mol. The van der Waals surface area contributed by atoms with Gasteiger partial charge in [-0.25, -0.2) is 0 Å². The van der Waals surface area contributed by atoms with Gasteiger partial charge in [-0.1, -0.05) is 36.4 Å². The van der Waals surface area contributed by atoms with Crippen LogP contribution in [0.3, 0.4) is 0 Å². The molecule has 1 fully saturated rings. The van der Waals surface area contributed by atoms with Gasteiger partial charge in [-0.2, -0.15) is 0 Å². The number of anilines is 1. The van der Waals surface area contributed by atoms with Crippen molar-refractivity contribution in [3.63, 3.8) is 0 Å². The topological polar surface area (TPSA) is 103 Å². The molecule has 7 nitrogen and oxygen atoms in total. The van der Waals surface area contributed by atoms with Gasteiger partial charge in [-0.3, -0.25) is 14.7 Å². The number of aryl methyl sites for hydroxylation is 1. The van der Waals surface area contributed by atoms with E-state index in [0.29, 0.717) is 17.8 Å². The Morgan fingerprint density at radius 1 is 1.15 bits per heavy atom. The van der Waals surface area contributed by atoms with Crippen LogP contribution in [0.2, 0.25) is 0 Å². The number of carbonyl (C=O) groups excluding carboxylic acids is 1. The summed E-state index contributed by atoms with van der Waals surface area (Å²) in [6, 6.07) is 19.6. The van der Waals surface area contributed by atoms with Crippen LogP contribution < -0.4 is 10.6 Å². The second kappa shape index (κ2) is 9.93. The lowest BCUT2D eigenvalue weighted by molar-refractivity contribution is 0.00996. The third-order valence-electron chi connectivity index (χ3n) is 6.58. The SMILES string of the molecule is Cc1cc(C(N)=O)ccc1N1CCN(C[C@@](C)(O)c2ccc(CO)nc2)C[C@H]1c1ccccc1. The number of hydrogen-bond donors (Lipinski definition) is 3. The van der Waals surface area contributed by atoms with E-state index in [1.165, 1.54) is 5.56 Å². The number of rotatable bonds is 7. The zero-order chi connectivity index (χ0) is 24.3. The second-order valence-electron chi connectivity index (χ2n) is 9.19. The van der Waals surface area contributed by atoms with Gasteiger partial charge in [0.2, 0.25) is 5.91 Å². The smallest absolute Gasteiger partial charge is 0.248 e. The maximum Gasteiger partial charge on any atom is 0.248 e. The van der Waals surface area contributed by atoms with Crippen LogP contribution in [0.25, 0.3) is 0 Å². The number of benzene rings is 2. The zero-order valence-electron chi connectivity index (χ0n) is 19.7. The molecule has 0 unspecified atom stereocenters. The normalized spacial score (nSPS) is 18.5. The number of aromatic nitrogens is 1. The van der Waals surface area contributed by atoms with Gasteiger partial charge in [0, 0.05) is 49.2 Å². The van der Waals surface area contributed by atoms with Crippen LogP contribution in [-0.2, 0) is 12.2 Å². The number of nitrogens with zero attached hydrogens (tertiary/aromatic N) is 3. The van der Waals surface area contributed by atoms with E-state index in [2.05, 4.69) is 26.9 Å². The van der Waals surface area contributed by atoms with Crippen molar-refractivity contribution in [1.29, 1.82) is 0 Å². The number of nitrogens with two attached hydrogens (primary N) is 1. The van der Waals surface area contributed by atoms with Crippen LogP contribution in [0.1, 0.15) is 45.7 Å². The average molecular weight is 461 g/mol. The number of β-amino-alcohol motifs (C(OH)–C–C–N with tert-alkyl or cyclic N) is 1. The lowest BCUT2D eigenvalue weighted by Gasteiger charge is -2.45. The Kier molecular flexibility index (Phi) is 6.97. The van der Waals surface area contributed by atoms with Crippen LogP contribution in [0, 0.1) is 6.92 Å². The Morgan fingerprint density at radius 2 is 1.91 bits per heavy atom. The van der Waals surface area contributed by atoms with Gasteiger partial charge in [0.05, 0.1) is 18.3 Å². The molecule has 0 bridgehead atoms. The van der Waals surface area contributed by atoms with E-state index in [1.807, 2.05) is 43.3 Å². The number of pyridine rings is 1. The molecule has 4 rings (SSSR count). The molecular weight excluding hydrogens is 428 g/mol. The summed E-state index contributed by atoms with van der Waals surface area (Å²) < 4.78 is 0. The molecule has 3 aromatic rings. The quantitative estimate of drug-likeness (QED) is 0.501. The van der Waals surface area contributed by atoms with E-state index >= 15 is 0 Å². The number of aliphatic hydroxyl groups is 2. The summed E-state index contributed by atoms with van der Waals surface area (Å²) in [4.78, 5) is 20.5. The fourth-order valence-electron chi connectivity index (χ4n) is 4.73. The summed E-state index contributed by atoms with van der Waals surface area (Å²) in [6.45, 7) is 6.43. The summed E-state index contributed by atoms with van der Waals surface area (Å²) >= 11 is 0. The van der Waals surface area contributed by atoms with Crippen molar-refractivity contribution in [2.45, 2.75) is 32.1 Å². The number of hydrogen-bond acceptors (Lipinski definition) is 6. The van der Waals surface area contributed by atoms with Gasteiger partial charge in [-0.15, -0.1) is 0 Å². The van der Waals surface area contributed by atoms with Crippen molar-refractivity contribution in [1.82, 2.24) is 9.88 Å². The van der Waals surface area contributed by atoms with Gasteiger partial charge < -0.3 is 20.8 Å². The summed E-state index contributed by atoms with van der Waals surface area (Å²) in [7, 11) is 0. The molecule has 1 aliphatic rings. The van der Waals surface area contributed by atoms with Crippen LogP contribution in [0.15, 0.2) is 66.9 Å². The molecular formula is C27H32N4O3. The number of aliphatic hydroxyl groups excluding tert-OH is 1. The van der Waals surface area contributed by atoms with E-state index in [-0.39, 0.29) is 12.6 Å². The van der Waals surface area contributed by atoms with Crippen LogP contribution in [0.4, 0.5) is 5.69 Å². The number of carbonyl (C=O) groups is 1. The van der Waals surface area contributed by atoms with Gasteiger partial charge in [0.1, 0.15) is 5.60 Å². The first-order chi connectivity index (χ1) is 16.3. The van der Waals surface area contributed by atoms with Crippen molar-refractivity contribution < 1.29 is 15.0 Å². The monoisotopic (exact) mass is 460 g/mol. The molecule has 0 saturated carbocycles. The van der Waals surface area contributed by atoms with Gasteiger partial charge in [0.15, 0.2) is 0 Å². The molecule has 0 aliphatic carbocycles. The molecule has 4 N–H and O–H groups in total. The Bertz CT molecular complexity index is 1130. The summed E-state index contributed by atoms with van der Waals surface area (Å²) in [6.07, 6.45) is 1.64. The van der Waals surface area contributed by atoms with E-state index in [4.69, 9.17) is 5.73 Å². The highest BCUT2D eigenvalue weighted by molar-refractivity contribution is 5.93. The first kappa shape index (κ1) is 23.9. The Morgan fingerprint density at radius 3 is 2.53 bits per heavy atom. The lowest BCUT2D eigenvalue weighted by Crippen LogP contribution is -2.52. The number of piperazine rings is 1. The van der Waals surface area contributed by atoms with E-state index in [9.17, 15) is 15.0 Å². The third-order valence-corrected chi connectivity index (χ3v) is 6.58. The van der Waals surface area contributed by atoms with Crippen molar-refractivity contribution in [3.8, 4) is 0 Å². The standard InChI is InChI=1S/C27H32N4O3/c1-19-14-21(26(28)33)8-11-24(19)31-13-12-30(16-25(31)20-6-4-3-5-7-20)18-27(2,34)22-9-10-23(17-32)29-15-22/h3-11,14-15,25,32,34H,12-13,16-18H2,1-2H3,(H2,28,33)/t25-,27+/m0/s1. The lowest BCUT2D eigenvalue weighted by atomic mass is 9.94. The highest BCUT2D eigenvalue weighted by Crippen LogP contribution is 2.34. The van der Waals surface area contributed by atoms with E-state index in [1.54, 1.807) is 25.3 Å². The maximum atomic E-state index is 11.6. The highest BCUT2D eigenvalue weighted by atomic mass is 16.3. The molecule has 178 valence electrons. The summed E-state index contributed by atoms with van der Waals surface area (Å²) in [5, 5.41) is 20.5. The molecule has 2 atom stereocenters. The van der Waals surface area contributed by atoms with Crippen molar-refractivity contribution in [3.05, 3.63) is 94.8 Å². The predicted octanol–water partition coefficient (Wildman–Crippen LogP) is 2.75. The van der Waals surface area contributed by atoms with Crippen LogP contribution in [0.5, 0.6) is 0 Å². The van der Waals surface area contributed by atoms with Crippen LogP contribution in [-0.4, -0.2) is 52.2 Å². The first-order valence-electron chi connectivity index (χ1n) is 11.5. The first-order valence-corrected chi connectivity index (χ1v) is 11.5. The molecule has 7 heteroatoms. The molecule has 34 heavy (non-hydrogen) atoms. The Labute approximate surface area is 200 Å². The minimum Gasteiger partial charge on any atom is -0.390 e. The minimum atomic E-state index is -1.08. The van der Waals surface area contributed by atoms with Crippen molar-refractivity contribution >= 4 is 11.6 Å². The van der Waals surface area contributed by atoms with Gasteiger partial charge >= 0.3 is 0 Å². The Balaban J connectivity index is 1.59. The van der Waals surface area contributed by atoms with Crippen molar-refractivity contribution in [2.75, 3.05) is 31.1 Å². The highest BCUT2D eigenvalue weighted by Gasteiger charge is 2.34. The largest absolute Gasteiger partial charge is 0.390 e. The fourth-order valence-corrected chi connectivity index (χ4v) is 4.73. The van der Waals surface area contributed by atoms with E-state index < -0.39 is 11.5 Å². The summed E-state index contributed by atoms with van der Waals surface area (Å²) in [5.74, 6) is -0.428. The second-order valence-corrected chi connectivity index (χ2v) is 9.19. The number of primary amides is 1. The molecule has 2 aromatic carbocycles. The Hall–Kier alpha value is -3.26. The van der Waals surface area contributed by atoms with Gasteiger partial charge in [-0.05, 0) is 49.2 Å². The van der Waals surface area contributed by atoms with Gasteiger partial charge in [0.25, 0.3) is 0 Å². The maximum absolute atomic E-state index is 11.6. The third kappa shape index (κ3) is 5.12. The molecule has 1 aromatic heterocycles.